The summed E-state index contributed by atoms with van der Waals surface area (Å²) in [6, 6.07) is 0.513. The van der Waals surface area contributed by atoms with Gasteiger partial charge in [0.05, 0.1) is 0 Å². The fraction of sp³-hybridized carbons (Fsp3) is 0.917. The molecular weight excluding hydrogens is 190 g/mol. The summed E-state index contributed by atoms with van der Waals surface area (Å²) in [6.07, 6.45) is 6.02. The van der Waals surface area contributed by atoms with Crippen molar-refractivity contribution in [3.63, 3.8) is 0 Å². The van der Waals surface area contributed by atoms with Gasteiger partial charge in [0.1, 0.15) is 5.78 Å². The number of carbonyl (C=O) groups excluding carboxylic acids is 1. The van der Waals surface area contributed by atoms with Gasteiger partial charge in [0.25, 0.3) is 0 Å². The Hall–Kier alpha value is -0.410. The third-order valence-corrected chi connectivity index (χ3v) is 3.82. The highest BCUT2D eigenvalue weighted by molar-refractivity contribution is 5.81. The van der Waals surface area contributed by atoms with E-state index >= 15 is 0 Å². The van der Waals surface area contributed by atoms with E-state index in [1.54, 1.807) is 0 Å². The Morgan fingerprint density at radius 3 is 2.93 bits per heavy atom. The van der Waals surface area contributed by atoms with Crippen molar-refractivity contribution in [3.8, 4) is 0 Å². The van der Waals surface area contributed by atoms with E-state index in [1.807, 2.05) is 0 Å². The maximum absolute atomic E-state index is 11.2. The molecule has 3 nitrogen and oxygen atoms in total. The van der Waals surface area contributed by atoms with Gasteiger partial charge < -0.3 is 5.11 Å². The zero-order chi connectivity index (χ0) is 10.7. The molecule has 3 heteroatoms. The number of likely N-dealkylation sites (tertiary alicyclic amines) is 1. The van der Waals surface area contributed by atoms with Gasteiger partial charge in [0.15, 0.2) is 0 Å². The monoisotopic (exact) mass is 211 g/mol. The highest BCUT2D eigenvalue weighted by Crippen LogP contribution is 2.27. The van der Waals surface area contributed by atoms with Crippen LogP contribution in [0.5, 0.6) is 0 Å². The van der Waals surface area contributed by atoms with Gasteiger partial charge >= 0.3 is 0 Å². The summed E-state index contributed by atoms with van der Waals surface area (Å²) in [5.41, 5.74) is 0. The van der Waals surface area contributed by atoms with Gasteiger partial charge in [-0.15, -0.1) is 0 Å². The van der Waals surface area contributed by atoms with Crippen LogP contribution < -0.4 is 0 Å². The Labute approximate surface area is 91.5 Å². The van der Waals surface area contributed by atoms with E-state index in [1.165, 1.54) is 12.8 Å². The first kappa shape index (κ1) is 11.1. The summed E-state index contributed by atoms with van der Waals surface area (Å²) < 4.78 is 0. The van der Waals surface area contributed by atoms with Crippen molar-refractivity contribution in [1.82, 2.24) is 4.90 Å². The first-order valence-electron chi connectivity index (χ1n) is 6.16. The SMILES string of the molecule is O=C1CCC(N2CCCC(CCO)C2)C1. The van der Waals surface area contributed by atoms with Crippen molar-refractivity contribution < 1.29 is 9.90 Å². The summed E-state index contributed by atoms with van der Waals surface area (Å²) in [7, 11) is 0. The molecule has 2 aliphatic rings. The number of aliphatic hydroxyl groups is 1. The van der Waals surface area contributed by atoms with Gasteiger partial charge in [-0.1, -0.05) is 0 Å². The van der Waals surface area contributed by atoms with Crippen LogP contribution in [-0.4, -0.2) is 41.5 Å². The van der Waals surface area contributed by atoms with Crippen molar-refractivity contribution in [3.05, 3.63) is 0 Å². The molecule has 1 saturated carbocycles. The van der Waals surface area contributed by atoms with E-state index in [2.05, 4.69) is 4.90 Å². The zero-order valence-electron chi connectivity index (χ0n) is 9.32. The molecule has 86 valence electrons. The second kappa shape index (κ2) is 5.08. The lowest BCUT2D eigenvalue weighted by Gasteiger charge is -2.36. The maximum Gasteiger partial charge on any atom is 0.134 e. The number of hydrogen-bond acceptors (Lipinski definition) is 3. The maximum atomic E-state index is 11.2. The molecule has 0 aromatic heterocycles. The minimum absolute atomic E-state index is 0.308. The number of Topliss-reactive ketones (excluding diaryl/α,β-unsaturated/α-hetero) is 1. The average molecular weight is 211 g/mol. The summed E-state index contributed by atoms with van der Waals surface area (Å²) in [5, 5.41) is 8.94. The average Bonchev–Trinajstić information content (AvgIpc) is 2.66. The predicted octanol–water partition coefficient (Wildman–Crippen LogP) is 1.20. The summed E-state index contributed by atoms with van der Waals surface area (Å²) >= 11 is 0. The van der Waals surface area contributed by atoms with Crippen molar-refractivity contribution in [2.75, 3.05) is 19.7 Å². The number of carbonyl (C=O) groups is 1. The number of rotatable bonds is 3. The Morgan fingerprint density at radius 2 is 2.27 bits per heavy atom. The van der Waals surface area contributed by atoms with Crippen LogP contribution in [0.3, 0.4) is 0 Å². The van der Waals surface area contributed by atoms with Gasteiger partial charge in [-0.25, -0.2) is 0 Å². The van der Waals surface area contributed by atoms with E-state index in [0.717, 1.165) is 38.8 Å². The molecule has 0 bridgehead atoms. The van der Waals surface area contributed by atoms with Crippen LogP contribution in [0.4, 0.5) is 0 Å². The zero-order valence-corrected chi connectivity index (χ0v) is 9.32. The quantitative estimate of drug-likeness (QED) is 0.762. The van der Waals surface area contributed by atoms with Crippen LogP contribution in [0.1, 0.15) is 38.5 Å². The molecular formula is C12H21NO2. The molecule has 2 atom stereocenters. The second-order valence-electron chi connectivity index (χ2n) is 4.95. The Balaban J connectivity index is 1.84. The number of piperidine rings is 1. The molecule has 1 aliphatic carbocycles. The lowest BCUT2D eigenvalue weighted by Crippen LogP contribution is -2.41. The van der Waals surface area contributed by atoms with Crippen LogP contribution in [-0.2, 0) is 4.79 Å². The minimum Gasteiger partial charge on any atom is -0.396 e. The molecule has 0 amide bonds. The van der Waals surface area contributed by atoms with Crippen LogP contribution in [0.25, 0.3) is 0 Å². The van der Waals surface area contributed by atoms with Crippen LogP contribution in [0.2, 0.25) is 0 Å². The van der Waals surface area contributed by atoms with Crippen molar-refractivity contribution in [2.24, 2.45) is 5.92 Å². The lowest BCUT2D eigenvalue weighted by atomic mass is 9.94. The van der Waals surface area contributed by atoms with Gasteiger partial charge in [0, 0.05) is 32.0 Å². The molecule has 2 rings (SSSR count). The summed E-state index contributed by atoms with van der Waals surface area (Å²) in [4.78, 5) is 13.7. The van der Waals surface area contributed by atoms with E-state index in [4.69, 9.17) is 5.11 Å². The molecule has 0 spiro atoms. The standard InChI is InChI=1S/C12H21NO2/c14-7-5-10-2-1-6-13(9-10)11-3-4-12(15)8-11/h10-11,14H,1-9H2. The van der Waals surface area contributed by atoms with E-state index in [9.17, 15) is 4.79 Å². The van der Waals surface area contributed by atoms with E-state index < -0.39 is 0 Å². The van der Waals surface area contributed by atoms with Crippen molar-refractivity contribution in [1.29, 1.82) is 0 Å². The van der Waals surface area contributed by atoms with Gasteiger partial charge in [0.2, 0.25) is 0 Å². The molecule has 0 aromatic rings. The number of nitrogens with zero attached hydrogens (tertiary/aromatic N) is 1. The minimum atomic E-state index is 0.308. The summed E-state index contributed by atoms with van der Waals surface area (Å²) in [6.45, 7) is 2.56. The van der Waals surface area contributed by atoms with Crippen LogP contribution in [0.15, 0.2) is 0 Å². The molecule has 0 radical (unpaired) electrons. The topological polar surface area (TPSA) is 40.5 Å². The number of hydrogen-bond donors (Lipinski definition) is 1. The second-order valence-corrected chi connectivity index (χ2v) is 4.95. The third-order valence-electron chi connectivity index (χ3n) is 3.82. The van der Waals surface area contributed by atoms with Gasteiger partial charge in [-0.2, -0.15) is 0 Å². The number of aliphatic hydroxyl groups excluding tert-OH is 1. The molecule has 2 fully saturated rings. The van der Waals surface area contributed by atoms with Crippen LogP contribution >= 0.6 is 0 Å². The predicted molar refractivity (Wildman–Crippen MR) is 58.6 cm³/mol. The Morgan fingerprint density at radius 1 is 1.40 bits per heavy atom. The fourth-order valence-corrected chi connectivity index (χ4v) is 2.95. The molecule has 1 aliphatic heterocycles. The largest absolute Gasteiger partial charge is 0.396 e. The molecule has 1 saturated heterocycles. The number of ketones is 1. The molecule has 2 unspecified atom stereocenters. The molecule has 15 heavy (non-hydrogen) atoms. The molecule has 0 aromatic carbocycles. The van der Waals surface area contributed by atoms with Crippen molar-refractivity contribution in [2.45, 2.75) is 44.6 Å². The summed E-state index contributed by atoms with van der Waals surface area (Å²) in [5.74, 6) is 1.09. The highest BCUT2D eigenvalue weighted by atomic mass is 16.3. The van der Waals surface area contributed by atoms with Gasteiger partial charge in [-0.05, 0) is 38.1 Å². The third kappa shape index (κ3) is 2.79. The smallest absolute Gasteiger partial charge is 0.134 e. The highest BCUT2D eigenvalue weighted by Gasteiger charge is 2.30. The van der Waals surface area contributed by atoms with Crippen molar-refractivity contribution >= 4 is 5.78 Å². The molecule has 1 heterocycles. The fourth-order valence-electron chi connectivity index (χ4n) is 2.95. The van der Waals surface area contributed by atoms with Gasteiger partial charge in [-0.3, -0.25) is 9.69 Å². The van der Waals surface area contributed by atoms with E-state index in [-0.39, 0.29) is 0 Å². The first-order chi connectivity index (χ1) is 7.29. The first-order valence-corrected chi connectivity index (χ1v) is 6.16. The van der Waals surface area contributed by atoms with Crippen LogP contribution in [0, 0.1) is 5.92 Å². The normalized spacial score (nSPS) is 33.5. The Bertz CT molecular complexity index is 228. The Kier molecular flexibility index (Phi) is 3.76. The van der Waals surface area contributed by atoms with E-state index in [0.29, 0.717) is 24.3 Å². The molecule has 1 N–H and O–H groups in total. The lowest BCUT2D eigenvalue weighted by molar-refractivity contribution is -0.117.